The quantitative estimate of drug-likeness (QED) is 0.421. The summed E-state index contributed by atoms with van der Waals surface area (Å²) in [5.74, 6) is -0.639. The zero-order valence-electron chi connectivity index (χ0n) is 7.86. The van der Waals surface area contributed by atoms with Crippen LogP contribution in [0.25, 0.3) is 0 Å². The summed E-state index contributed by atoms with van der Waals surface area (Å²) in [5, 5.41) is 16.3. The number of urea groups is 1. The van der Waals surface area contributed by atoms with Gasteiger partial charge in [0.2, 0.25) is 5.89 Å². The number of aliphatic hydroxyl groups is 1. The molecule has 1 aromatic rings. The summed E-state index contributed by atoms with van der Waals surface area (Å²) in [4.78, 5) is 21.2. The molecule has 0 unspecified atom stereocenters. The van der Waals surface area contributed by atoms with Crippen molar-refractivity contribution >= 4 is 6.03 Å². The first-order chi connectivity index (χ1) is 7.22. The van der Waals surface area contributed by atoms with Crippen molar-refractivity contribution in [2.75, 3.05) is 13.3 Å². The lowest BCUT2D eigenvalue weighted by molar-refractivity contribution is 0.217. The zero-order valence-corrected chi connectivity index (χ0v) is 7.86. The Labute approximate surface area is 84.2 Å². The lowest BCUT2D eigenvalue weighted by Crippen LogP contribution is -2.36. The standard InChI is InChI=1S/C7H11N3O5/c11-4-9-6(12)8-3-1-2-5-10-15-7(13)14-5/h11H,1-4H2,(H2,8,9,12). The largest absolute Gasteiger partial charge is 0.542 e. The third kappa shape index (κ3) is 4.27. The molecule has 0 radical (unpaired) electrons. The summed E-state index contributed by atoms with van der Waals surface area (Å²) in [5.41, 5.74) is 0. The van der Waals surface area contributed by atoms with Crippen LogP contribution in [0.4, 0.5) is 4.79 Å². The highest BCUT2D eigenvalue weighted by Gasteiger charge is 2.03. The van der Waals surface area contributed by atoms with Gasteiger partial charge >= 0.3 is 11.9 Å². The molecule has 0 aliphatic carbocycles. The molecule has 1 aromatic heterocycles. The van der Waals surface area contributed by atoms with Crippen LogP contribution in [-0.2, 0) is 6.42 Å². The molecule has 8 nitrogen and oxygen atoms in total. The van der Waals surface area contributed by atoms with Crippen LogP contribution in [0.15, 0.2) is 13.7 Å². The normalized spacial score (nSPS) is 9.93. The van der Waals surface area contributed by atoms with Crippen molar-refractivity contribution in [1.29, 1.82) is 0 Å². The number of hydrogen-bond acceptors (Lipinski definition) is 6. The van der Waals surface area contributed by atoms with Gasteiger partial charge in [-0.05, 0) is 11.6 Å². The SMILES string of the molecule is O=C(NCO)NCCCc1noc(=O)o1. The van der Waals surface area contributed by atoms with Gasteiger partial charge < -0.3 is 20.2 Å². The van der Waals surface area contributed by atoms with E-state index in [1.54, 1.807) is 0 Å². The first-order valence-corrected chi connectivity index (χ1v) is 4.30. The molecule has 0 saturated carbocycles. The number of aromatic nitrogens is 1. The number of amides is 2. The van der Waals surface area contributed by atoms with Gasteiger partial charge in [0, 0.05) is 13.0 Å². The molecular weight excluding hydrogens is 206 g/mol. The van der Waals surface area contributed by atoms with E-state index in [0.29, 0.717) is 19.4 Å². The molecule has 15 heavy (non-hydrogen) atoms. The minimum Gasteiger partial charge on any atom is -0.376 e. The number of rotatable bonds is 5. The third-order valence-corrected chi connectivity index (χ3v) is 1.52. The number of carbonyl (C=O) groups excluding carboxylic acids is 1. The number of nitrogens with one attached hydrogen (secondary N) is 2. The molecule has 0 aromatic carbocycles. The van der Waals surface area contributed by atoms with E-state index in [1.165, 1.54) is 0 Å². The number of hydrogen-bond donors (Lipinski definition) is 3. The maximum absolute atomic E-state index is 10.8. The lowest BCUT2D eigenvalue weighted by Gasteiger charge is -2.03. The molecule has 8 heteroatoms. The van der Waals surface area contributed by atoms with Gasteiger partial charge in [0.25, 0.3) is 0 Å². The lowest BCUT2D eigenvalue weighted by atomic mass is 10.3. The van der Waals surface area contributed by atoms with Gasteiger partial charge in [-0.1, -0.05) is 0 Å². The molecule has 1 heterocycles. The maximum atomic E-state index is 10.8. The van der Waals surface area contributed by atoms with Crippen LogP contribution in [0.2, 0.25) is 0 Å². The summed E-state index contributed by atoms with van der Waals surface area (Å²) in [6, 6.07) is -0.459. The number of nitrogens with zero attached hydrogens (tertiary/aromatic N) is 1. The molecule has 1 rings (SSSR count). The van der Waals surface area contributed by atoms with Gasteiger partial charge in [0.1, 0.15) is 6.73 Å². The summed E-state index contributed by atoms with van der Waals surface area (Å²) >= 11 is 0. The molecule has 84 valence electrons. The van der Waals surface area contributed by atoms with Crippen LogP contribution in [0.3, 0.4) is 0 Å². The Kier molecular flexibility index (Phi) is 4.35. The molecule has 0 aliphatic heterocycles. The van der Waals surface area contributed by atoms with Crippen LogP contribution in [0.5, 0.6) is 0 Å². The maximum Gasteiger partial charge on any atom is 0.542 e. The molecule has 0 bridgehead atoms. The van der Waals surface area contributed by atoms with Crippen LogP contribution in [0.1, 0.15) is 12.3 Å². The van der Waals surface area contributed by atoms with E-state index >= 15 is 0 Å². The first kappa shape index (κ1) is 11.2. The van der Waals surface area contributed by atoms with Gasteiger partial charge in [-0.15, -0.1) is 0 Å². The summed E-state index contributed by atoms with van der Waals surface area (Å²) in [6.45, 7) is -0.0353. The number of aliphatic hydroxyl groups excluding tert-OH is 1. The van der Waals surface area contributed by atoms with E-state index in [2.05, 4.69) is 24.7 Å². The van der Waals surface area contributed by atoms with E-state index in [0.717, 1.165) is 0 Å². The highest BCUT2D eigenvalue weighted by atomic mass is 16.6. The fourth-order valence-electron chi connectivity index (χ4n) is 0.894. The van der Waals surface area contributed by atoms with Crippen LogP contribution >= 0.6 is 0 Å². The van der Waals surface area contributed by atoms with E-state index in [9.17, 15) is 9.59 Å². The molecule has 0 aliphatic rings. The monoisotopic (exact) mass is 217 g/mol. The molecule has 0 spiro atoms. The third-order valence-electron chi connectivity index (χ3n) is 1.52. The predicted molar refractivity (Wildman–Crippen MR) is 47.0 cm³/mol. The Morgan fingerprint density at radius 1 is 1.47 bits per heavy atom. The van der Waals surface area contributed by atoms with Crippen molar-refractivity contribution in [3.63, 3.8) is 0 Å². The zero-order chi connectivity index (χ0) is 11.1. The average molecular weight is 217 g/mol. The number of aryl methyl sites for hydroxylation is 1. The summed E-state index contributed by atoms with van der Waals surface area (Å²) in [6.07, 6.45) is 0.944. The predicted octanol–water partition coefficient (Wildman–Crippen LogP) is -1.19. The van der Waals surface area contributed by atoms with Crippen molar-refractivity contribution in [2.24, 2.45) is 0 Å². The topological polar surface area (TPSA) is 118 Å². The smallest absolute Gasteiger partial charge is 0.376 e. The van der Waals surface area contributed by atoms with E-state index in [-0.39, 0.29) is 5.89 Å². The highest BCUT2D eigenvalue weighted by Crippen LogP contribution is 1.94. The fourth-order valence-corrected chi connectivity index (χ4v) is 0.894. The highest BCUT2D eigenvalue weighted by molar-refractivity contribution is 5.73. The van der Waals surface area contributed by atoms with Gasteiger partial charge in [0.05, 0.1) is 0 Å². The second-order valence-electron chi connectivity index (χ2n) is 2.62. The molecule has 3 N–H and O–H groups in total. The molecule has 0 atom stereocenters. The second kappa shape index (κ2) is 5.81. The van der Waals surface area contributed by atoms with Gasteiger partial charge in [0.15, 0.2) is 0 Å². The van der Waals surface area contributed by atoms with Gasteiger partial charge in [-0.3, -0.25) is 4.52 Å². The minimum atomic E-state index is -0.837. The number of carbonyl (C=O) groups is 1. The van der Waals surface area contributed by atoms with Gasteiger partial charge in [-0.25, -0.2) is 9.59 Å². The molecular formula is C7H11N3O5. The van der Waals surface area contributed by atoms with Crippen molar-refractivity contribution in [2.45, 2.75) is 12.8 Å². The van der Waals surface area contributed by atoms with Crippen LogP contribution in [-0.4, -0.2) is 29.6 Å². The van der Waals surface area contributed by atoms with Crippen molar-refractivity contribution in [1.82, 2.24) is 15.8 Å². The Morgan fingerprint density at radius 2 is 2.27 bits per heavy atom. The second-order valence-corrected chi connectivity index (χ2v) is 2.62. The Bertz CT molecular complexity index is 358. The van der Waals surface area contributed by atoms with Gasteiger partial charge in [-0.2, -0.15) is 0 Å². The first-order valence-electron chi connectivity index (χ1n) is 4.30. The summed E-state index contributed by atoms with van der Waals surface area (Å²) < 4.78 is 8.71. The van der Waals surface area contributed by atoms with E-state index in [1.807, 2.05) is 0 Å². The van der Waals surface area contributed by atoms with Crippen molar-refractivity contribution in [3.8, 4) is 0 Å². The van der Waals surface area contributed by atoms with Crippen LogP contribution < -0.4 is 16.5 Å². The Morgan fingerprint density at radius 3 is 2.87 bits per heavy atom. The average Bonchev–Trinajstić information content (AvgIpc) is 2.60. The van der Waals surface area contributed by atoms with E-state index in [4.69, 9.17) is 5.11 Å². The molecule has 2 amide bonds. The molecule has 0 saturated heterocycles. The molecule has 0 fully saturated rings. The minimum absolute atomic E-state index is 0.198. The van der Waals surface area contributed by atoms with Crippen LogP contribution in [0, 0.1) is 0 Å². The van der Waals surface area contributed by atoms with Crippen molar-refractivity contribution < 1.29 is 18.8 Å². The fraction of sp³-hybridized carbons (Fsp3) is 0.571. The Balaban J connectivity index is 2.12. The summed E-state index contributed by atoms with van der Waals surface area (Å²) in [7, 11) is 0. The Hall–Kier alpha value is -1.83. The van der Waals surface area contributed by atoms with E-state index < -0.39 is 18.6 Å². The van der Waals surface area contributed by atoms with Crippen molar-refractivity contribution in [3.05, 3.63) is 16.5 Å².